The molecule has 6 nitrogen and oxygen atoms in total. The quantitative estimate of drug-likeness (QED) is 0.574. The number of ether oxygens (including phenoxy) is 1. The molecule has 0 saturated heterocycles. The van der Waals surface area contributed by atoms with Crippen molar-refractivity contribution in [3.05, 3.63) is 58.5 Å². The highest BCUT2D eigenvalue weighted by molar-refractivity contribution is 6.05. The van der Waals surface area contributed by atoms with E-state index in [0.717, 1.165) is 12.8 Å². The molecule has 0 unspecified atom stereocenters. The Labute approximate surface area is 173 Å². The van der Waals surface area contributed by atoms with Gasteiger partial charge in [0, 0.05) is 6.54 Å². The van der Waals surface area contributed by atoms with Crippen LogP contribution in [0.3, 0.4) is 0 Å². The van der Waals surface area contributed by atoms with Crippen LogP contribution in [0.25, 0.3) is 23.1 Å². The molecule has 1 aliphatic carbocycles. The minimum atomic E-state index is -0.546. The van der Waals surface area contributed by atoms with Gasteiger partial charge in [-0.15, -0.1) is 0 Å². The number of fused-ring (bicyclic) bond motifs is 1. The molecule has 7 heteroatoms. The number of H-pyrrole nitrogens is 1. The summed E-state index contributed by atoms with van der Waals surface area (Å²) in [5.74, 6) is -0.0423. The fourth-order valence-corrected chi connectivity index (χ4v) is 3.36. The summed E-state index contributed by atoms with van der Waals surface area (Å²) in [6.07, 6.45) is 5.82. The molecule has 0 aliphatic heterocycles. The van der Waals surface area contributed by atoms with E-state index in [9.17, 15) is 14.0 Å². The van der Waals surface area contributed by atoms with Crippen LogP contribution >= 0.6 is 0 Å². The van der Waals surface area contributed by atoms with Gasteiger partial charge in [0.2, 0.25) is 0 Å². The van der Waals surface area contributed by atoms with Crippen LogP contribution in [0, 0.1) is 11.7 Å². The van der Waals surface area contributed by atoms with Crippen molar-refractivity contribution in [2.24, 2.45) is 5.92 Å². The Kier molecular flexibility index (Phi) is 5.35. The fraction of sp³-hybridized carbons (Fsp3) is 0.261. The Bertz CT molecular complexity index is 1160. The number of methoxy groups -OCH3 is 1. The van der Waals surface area contributed by atoms with Crippen molar-refractivity contribution in [3.63, 3.8) is 0 Å². The maximum atomic E-state index is 13.8. The largest absolute Gasteiger partial charge is 0.495 e. The van der Waals surface area contributed by atoms with Crippen LogP contribution in [-0.2, 0) is 0 Å². The van der Waals surface area contributed by atoms with E-state index in [2.05, 4.69) is 15.5 Å². The van der Waals surface area contributed by atoms with Crippen LogP contribution in [0.2, 0.25) is 0 Å². The predicted molar refractivity (Wildman–Crippen MR) is 113 cm³/mol. The monoisotopic (exact) mass is 407 g/mol. The van der Waals surface area contributed by atoms with Crippen molar-refractivity contribution in [1.29, 1.82) is 0 Å². The lowest BCUT2D eigenvalue weighted by atomic mass is 10.0. The van der Waals surface area contributed by atoms with Crippen LogP contribution in [-0.4, -0.2) is 35.5 Å². The van der Waals surface area contributed by atoms with Gasteiger partial charge in [0.1, 0.15) is 11.6 Å². The number of carbonyl (C=O) groups excluding carboxylic acids is 2. The number of ketones is 1. The first-order valence-electron chi connectivity index (χ1n) is 9.79. The number of benzene rings is 2. The van der Waals surface area contributed by atoms with Crippen molar-refractivity contribution in [3.8, 4) is 5.75 Å². The zero-order valence-corrected chi connectivity index (χ0v) is 16.8. The molecule has 30 heavy (non-hydrogen) atoms. The molecule has 4 rings (SSSR count). The third-order valence-electron chi connectivity index (χ3n) is 5.21. The maximum absolute atomic E-state index is 13.8. The zero-order valence-electron chi connectivity index (χ0n) is 16.8. The SMILES string of the molecule is COc1c(C(=O)NCC2CC2)ccc2n[nH]c(/C=C/c3ccc(F)c(C(C)=O)c3)c12. The van der Waals surface area contributed by atoms with Gasteiger partial charge in [-0.25, -0.2) is 4.39 Å². The van der Waals surface area contributed by atoms with E-state index in [-0.39, 0.29) is 17.3 Å². The normalized spacial score (nSPS) is 13.7. The second-order valence-corrected chi connectivity index (χ2v) is 7.46. The summed E-state index contributed by atoms with van der Waals surface area (Å²) in [4.78, 5) is 24.2. The van der Waals surface area contributed by atoms with Gasteiger partial charge in [0.05, 0.1) is 34.8 Å². The second kappa shape index (κ2) is 8.10. The van der Waals surface area contributed by atoms with Crippen molar-refractivity contribution >= 4 is 34.7 Å². The molecule has 3 aromatic rings. The summed E-state index contributed by atoms with van der Waals surface area (Å²) in [5, 5.41) is 10.9. The molecule has 0 bridgehead atoms. The molecule has 1 heterocycles. The Morgan fingerprint density at radius 2 is 2.03 bits per heavy atom. The highest BCUT2D eigenvalue weighted by Gasteiger charge is 2.24. The van der Waals surface area contributed by atoms with E-state index in [4.69, 9.17) is 4.74 Å². The topological polar surface area (TPSA) is 84.1 Å². The van der Waals surface area contributed by atoms with Gasteiger partial charge in [-0.3, -0.25) is 14.7 Å². The lowest BCUT2D eigenvalue weighted by Crippen LogP contribution is -2.26. The number of carbonyl (C=O) groups is 2. The van der Waals surface area contributed by atoms with Crippen LogP contribution in [0.1, 0.15) is 51.7 Å². The van der Waals surface area contributed by atoms with Crippen molar-refractivity contribution < 1.29 is 18.7 Å². The van der Waals surface area contributed by atoms with E-state index in [1.54, 1.807) is 30.4 Å². The average molecular weight is 407 g/mol. The number of nitrogens with zero attached hydrogens (tertiary/aromatic N) is 1. The number of nitrogens with one attached hydrogen (secondary N) is 2. The van der Waals surface area contributed by atoms with Gasteiger partial charge in [0.25, 0.3) is 5.91 Å². The summed E-state index contributed by atoms with van der Waals surface area (Å²) in [6, 6.07) is 7.83. The molecule has 0 radical (unpaired) electrons. The standard InChI is InChI=1S/C23H22FN3O3/c1-13(28)17-11-14(5-8-18(17)24)6-9-19-21-20(27-26-19)10-7-16(22(21)30-2)23(29)25-12-15-3-4-15/h5-11,15H,3-4,12H2,1-2H3,(H,25,29)(H,26,27)/b9-6+. The molecular weight excluding hydrogens is 385 g/mol. The van der Waals surface area contributed by atoms with Gasteiger partial charge < -0.3 is 10.1 Å². The van der Waals surface area contributed by atoms with Crippen LogP contribution in [0.5, 0.6) is 5.75 Å². The summed E-state index contributed by atoms with van der Waals surface area (Å²) in [7, 11) is 1.52. The number of aromatic amines is 1. The lowest BCUT2D eigenvalue weighted by Gasteiger charge is -2.10. The first kappa shape index (κ1) is 19.8. The van der Waals surface area contributed by atoms with Gasteiger partial charge in [0.15, 0.2) is 5.78 Å². The van der Waals surface area contributed by atoms with Gasteiger partial charge in [-0.1, -0.05) is 12.1 Å². The number of amides is 1. The number of hydrogen-bond donors (Lipinski definition) is 2. The number of halogens is 1. The summed E-state index contributed by atoms with van der Waals surface area (Å²) < 4.78 is 19.3. The van der Waals surface area contributed by atoms with Gasteiger partial charge in [-0.2, -0.15) is 5.10 Å². The smallest absolute Gasteiger partial charge is 0.255 e. The molecule has 1 aromatic heterocycles. The van der Waals surface area contributed by atoms with E-state index in [0.29, 0.717) is 45.9 Å². The minimum Gasteiger partial charge on any atom is -0.495 e. The van der Waals surface area contributed by atoms with Gasteiger partial charge in [-0.05, 0) is 61.6 Å². The molecule has 1 fully saturated rings. The molecule has 154 valence electrons. The van der Waals surface area contributed by atoms with E-state index in [1.165, 1.54) is 26.2 Å². The summed E-state index contributed by atoms with van der Waals surface area (Å²) >= 11 is 0. The van der Waals surface area contributed by atoms with E-state index in [1.807, 2.05) is 0 Å². The van der Waals surface area contributed by atoms with Crippen LogP contribution < -0.4 is 10.1 Å². The first-order chi connectivity index (χ1) is 14.5. The highest BCUT2D eigenvalue weighted by Crippen LogP contribution is 2.33. The molecule has 0 atom stereocenters. The number of hydrogen-bond acceptors (Lipinski definition) is 4. The summed E-state index contributed by atoms with van der Waals surface area (Å²) in [5.41, 5.74) is 2.46. The van der Waals surface area contributed by atoms with Crippen molar-refractivity contribution in [2.45, 2.75) is 19.8 Å². The first-order valence-corrected chi connectivity index (χ1v) is 9.79. The molecule has 0 spiro atoms. The van der Waals surface area contributed by atoms with E-state index < -0.39 is 5.82 Å². The number of aromatic nitrogens is 2. The summed E-state index contributed by atoms with van der Waals surface area (Å²) in [6.45, 7) is 2.00. The van der Waals surface area contributed by atoms with Crippen molar-refractivity contribution in [2.75, 3.05) is 13.7 Å². The molecule has 2 aromatic carbocycles. The Morgan fingerprint density at radius 3 is 2.73 bits per heavy atom. The van der Waals surface area contributed by atoms with Crippen molar-refractivity contribution in [1.82, 2.24) is 15.5 Å². The molecular formula is C23H22FN3O3. The molecule has 2 N–H and O–H groups in total. The predicted octanol–water partition coefficient (Wildman–Crippen LogP) is 4.22. The fourth-order valence-electron chi connectivity index (χ4n) is 3.36. The second-order valence-electron chi connectivity index (χ2n) is 7.46. The highest BCUT2D eigenvalue weighted by atomic mass is 19.1. The van der Waals surface area contributed by atoms with Crippen LogP contribution in [0.4, 0.5) is 4.39 Å². The third kappa shape index (κ3) is 3.96. The Morgan fingerprint density at radius 1 is 1.23 bits per heavy atom. The number of Topliss-reactive ketones (excluding diaryl/α,β-unsaturated/α-hetero) is 1. The molecule has 1 amide bonds. The molecule has 1 saturated carbocycles. The van der Waals surface area contributed by atoms with Crippen LogP contribution in [0.15, 0.2) is 30.3 Å². The maximum Gasteiger partial charge on any atom is 0.255 e. The van der Waals surface area contributed by atoms with Gasteiger partial charge >= 0.3 is 0 Å². The zero-order chi connectivity index (χ0) is 21.3. The number of rotatable bonds is 7. The third-order valence-corrected chi connectivity index (χ3v) is 5.21. The van der Waals surface area contributed by atoms with E-state index >= 15 is 0 Å². The lowest BCUT2D eigenvalue weighted by molar-refractivity contribution is 0.0948. The minimum absolute atomic E-state index is 0.0406. The molecule has 1 aliphatic rings. The Balaban J connectivity index is 1.68. The average Bonchev–Trinajstić information content (AvgIpc) is 3.48. The Hall–Kier alpha value is -3.48.